The van der Waals surface area contributed by atoms with E-state index in [9.17, 15) is 29.1 Å². The van der Waals surface area contributed by atoms with Crippen LogP contribution in [0.2, 0.25) is 0 Å². The number of ketones is 4. The first-order chi connectivity index (χ1) is 17.5. The van der Waals surface area contributed by atoms with E-state index in [-0.39, 0.29) is 60.7 Å². The van der Waals surface area contributed by atoms with E-state index in [4.69, 9.17) is 4.74 Å². The summed E-state index contributed by atoms with van der Waals surface area (Å²) in [5.41, 5.74) is -1.52. The van der Waals surface area contributed by atoms with Gasteiger partial charge in [-0.25, -0.2) is 0 Å². The first-order valence-corrected chi connectivity index (χ1v) is 13.8. The third kappa shape index (κ3) is 3.75. The molecule has 0 aromatic carbocycles. The van der Waals surface area contributed by atoms with E-state index >= 15 is 0 Å². The zero-order valence-electron chi connectivity index (χ0n) is 24.0. The summed E-state index contributed by atoms with van der Waals surface area (Å²) < 4.78 is 4.72. The Kier molecular flexibility index (Phi) is 6.83. The Balaban J connectivity index is 1.78. The molecule has 0 aliphatic heterocycles. The minimum absolute atomic E-state index is 0.00718. The predicted octanol–water partition coefficient (Wildman–Crippen LogP) is 4.35. The highest BCUT2D eigenvalue weighted by atomic mass is 16.5. The van der Waals surface area contributed by atoms with Crippen LogP contribution in [0.5, 0.6) is 0 Å². The molecule has 4 aliphatic carbocycles. The second-order valence-corrected chi connectivity index (χ2v) is 13.5. The minimum atomic E-state index is -1.14. The third-order valence-corrected chi connectivity index (χ3v) is 11.2. The summed E-state index contributed by atoms with van der Waals surface area (Å²) >= 11 is 0. The van der Waals surface area contributed by atoms with Crippen molar-refractivity contribution in [3.05, 3.63) is 22.8 Å². The Morgan fingerprint density at radius 2 is 1.68 bits per heavy atom. The van der Waals surface area contributed by atoms with Gasteiger partial charge in [0.1, 0.15) is 5.78 Å². The summed E-state index contributed by atoms with van der Waals surface area (Å²) in [6.07, 6.45) is 2.54. The lowest BCUT2D eigenvalue weighted by Crippen LogP contribution is -2.59. The molecule has 7 nitrogen and oxygen atoms in total. The van der Waals surface area contributed by atoms with Crippen LogP contribution in [0.1, 0.15) is 87.0 Å². The number of aliphatic hydroxyl groups is 1. The second kappa shape index (κ2) is 9.07. The molecular weight excluding hydrogens is 484 g/mol. The molecule has 0 radical (unpaired) electrons. The molecule has 208 valence electrons. The van der Waals surface area contributed by atoms with Gasteiger partial charge >= 0.3 is 5.97 Å². The quantitative estimate of drug-likeness (QED) is 0.418. The number of esters is 1. The fourth-order valence-electron chi connectivity index (χ4n) is 8.61. The number of Topliss-reactive ketones (excluding diaryl/α,β-unsaturated/α-hetero) is 3. The highest BCUT2D eigenvalue weighted by Gasteiger charge is 2.70. The van der Waals surface area contributed by atoms with Crippen LogP contribution in [0.3, 0.4) is 0 Å². The number of hydrogen-bond acceptors (Lipinski definition) is 7. The van der Waals surface area contributed by atoms with Crippen molar-refractivity contribution in [2.24, 2.45) is 39.4 Å². The molecule has 7 heteroatoms. The predicted molar refractivity (Wildman–Crippen MR) is 141 cm³/mol. The average Bonchev–Trinajstić information content (AvgIpc) is 3.03. The van der Waals surface area contributed by atoms with Gasteiger partial charge in [-0.3, -0.25) is 24.0 Å². The number of allylic oxidation sites excluding steroid dienone is 4. The second-order valence-electron chi connectivity index (χ2n) is 13.5. The van der Waals surface area contributed by atoms with Crippen LogP contribution in [0.15, 0.2) is 22.8 Å². The number of carbonyl (C=O) groups excluding carboxylic acids is 5. The normalized spacial score (nSPS) is 39.3. The zero-order valence-corrected chi connectivity index (χ0v) is 24.0. The van der Waals surface area contributed by atoms with Gasteiger partial charge in [-0.15, -0.1) is 0 Å². The lowest BCUT2D eigenvalue weighted by atomic mass is 9.43. The van der Waals surface area contributed by atoms with Crippen LogP contribution in [0, 0.1) is 39.4 Å². The number of rotatable bonds is 5. The van der Waals surface area contributed by atoms with Crippen molar-refractivity contribution in [2.45, 2.75) is 93.1 Å². The van der Waals surface area contributed by atoms with E-state index in [2.05, 4.69) is 0 Å². The third-order valence-electron chi connectivity index (χ3n) is 11.2. The van der Waals surface area contributed by atoms with E-state index in [0.717, 1.165) is 0 Å². The van der Waals surface area contributed by atoms with Crippen molar-refractivity contribution < 1.29 is 33.8 Å². The number of carbonyl (C=O) groups is 5. The summed E-state index contributed by atoms with van der Waals surface area (Å²) in [7, 11) is 1.28. The van der Waals surface area contributed by atoms with Gasteiger partial charge in [-0.1, -0.05) is 40.2 Å². The van der Waals surface area contributed by atoms with Crippen molar-refractivity contribution in [3.8, 4) is 0 Å². The molecule has 4 rings (SSSR count). The SMILES string of the molecule is COC(=O)C(C)CC(=O)C=C(C)C1CC(=O)C2(C)C3=C(C(=O)CC12C)C1(C)CCC(O)C(C)(C)C1CC3=O. The molecule has 0 amide bonds. The van der Waals surface area contributed by atoms with E-state index in [1.807, 2.05) is 34.6 Å². The van der Waals surface area contributed by atoms with E-state index < -0.39 is 39.7 Å². The average molecular weight is 527 g/mol. The van der Waals surface area contributed by atoms with Gasteiger partial charge in [0.2, 0.25) is 0 Å². The van der Waals surface area contributed by atoms with Crippen LogP contribution in [0.25, 0.3) is 0 Å². The molecule has 1 N–H and O–H groups in total. The van der Waals surface area contributed by atoms with Crippen molar-refractivity contribution in [1.29, 1.82) is 0 Å². The van der Waals surface area contributed by atoms with Crippen LogP contribution < -0.4 is 0 Å². The zero-order chi connectivity index (χ0) is 28.6. The van der Waals surface area contributed by atoms with E-state index in [1.165, 1.54) is 13.2 Å². The van der Waals surface area contributed by atoms with Gasteiger partial charge < -0.3 is 9.84 Å². The summed E-state index contributed by atoms with van der Waals surface area (Å²) in [6, 6.07) is 0. The minimum Gasteiger partial charge on any atom is -0.469 e. The van der Waals surface area contributed by atoms with Gasteiger partial charge in [0.05, 0.1) is 24.5 Å². The van der Waals surface area contributed by atoms with Crippen molar-refractivity contribution in [3.63, 3.8) is 0 Å². The van der Waals surface area contributed by atoms with Crippen LogP contribution in [0.4, 0.5) is 0 Å². The fourth-order valence-corrected chi connectivity index (χ4v) is 8.61. The summed E-state index contributed by atoms with van der Waals surface area (Å²) in [6.45, 7) is 13.2. The Bertz CT molecular complexity index is 1190. The highest BCUT2D eigenvalue weighted by Crippen LogP contribution is 2.69. The number of methoxy groups -OCH3 is 1. The maximum atomic E-state index is 14.0. The molecule has 38 heavy (non-hydrogen) atoms. The van der Waals surface area contributed by atoms with E-state index in [0.29, 0.717) is 29.6 Å². The molecule has 0 heterocycles. The van der Waals surface area contributed by atoms with Gasteiger partial charge in [-0.05, 0) is 55.4 Å². The highest BCUT2D eigenvalue weighted by molar-refractivity contribution is 6.16. The smallest absolute Gasteiger partial charge is 0.308 e. The molecule has 0 aromatic rings. The van der Waals surface area contributed by atoms with Gasteiger partial charge in [0.25, 0.3) is 0 Å². The molecular formula is C31H42O7. The molecule has 7 unspecified atom stereocenters. The van der Waals surface area contributed by atoms with Crippen LogP contribution in [-0.2, 0) is 28.7 Å². The largest absolute Gasteiger partial charge is 0.469 e. The maximum Gasteiger partial charge on any atom is 0.308 e. The molecule has 4 aliphatic rings. The first kappa shape index (κ1) is 28.6. The molecule has 0 spiro atoms. The Labute approximate surface area is 225 Å². The Morgan fingerprint density at radius 1 is 1.05 bits per heavy atom. The maximum absolute atomic E-state index is 14.0. The lowest BCUT2D eigenvalue weighted by molar-refractivity contribution is -0.146. The standard InChI is InChI=1S/C31H42O7/c1-16(11-18(32)12-17(2)27(37)38-8)19-13-24(36)31(7)26-20(33)14-22-28(3,4)23(35)9-10-29(22,5)25(26)21(34)15-30(19,31)6/h11,17,19,22-23,35H,9-10,12-15H2,1-8H3. The van der Waals surface area contributed by atoms with Gasteiger partial charge in [0, 0.05) is 42.2 Å². The monoisotopic (exact) mass is 526 g/mol. The number of hydrogen-bond donors (Lipinski definition) is 1. The summed E-state index contributed by atoms with van der Waals surface area (Å²) in [5, 5.41) is 10.8. The van der Waals surface area contributed by atoms with Gasteiger partial charge in [0.15, 0.2) is 17.3 Å². The summed E-state index contributed by atoms with van der Waals surface area (Å²) in [5.74, 6) is -2.17. The van der Waals surface area contributed by atoms with Crippen LogP contribution >= 0.6 is 0 Å². The van der Waals surface area contributed by atoms with E-state index in [1.54, 1.807) is 13.8 Å². The topological polar surface area (TPSA) is 115 Å². The Morgan fingerprint density at radius 3 is 2.29 bits per heavy atom. The molecule has 2 fully saturated rings. The number of fused-ring (bicyclic) bond motifs is 4. The molecule has 0 aromatic heterocycles. The molecule has 0 saturated heterocycles. The van der Waals surface area contributed by atoms with Crippen molar-refractivity contribution in [1.82, 2.24) is 0 Å². The van der Waals surface area contributed by atoms with Crippen molar-refractivity contribution in [2.75, 3.05) is 7.11 Å². The number of ether oxygens (including phenoxy) is 1. The summed E-state index contributed by atoms with van der Waals surface area (Å²) in [4.78, 5) is 66.4. The van der Waals surface area contributed by atoms with Crippen molar-refractivity contribution >= 4 is 29.1 Å². The fraction of sp³-hybridized carbons (Fsp3) is 0.710. The number of aliphatic hydroxyl groups excluding tert-OH is 1. The lowest BCUT2D eigenvalue weighted by Gasteiger charge is -2.59. The van der Waals surface area contributed by atoms with Gasteiger partial charge in [-0.2, -0.15) is 0 Å². The molecule has 7 atom stereocenters. The molecule has 2 saturated carbocycles. The molecule has 0 bridgehead atoms. The van der Waals surface area contributed by atoms with Crippen LogP contribution in [-0.4, -0.2) is 47.4 Å². The Hall–Kier alpha value is -2.41. The first-order valence-electron chi connectivity index (χ1n) is 13.8.